The second-order valence-corrected chi connectivity index (χ2v) is 29.7. The molecule has 0 fully saturated rings. The molecule has 9 nitrogen and oxygen atoms in total. The maximum Gasteiger partial charge on any atom is 0.306 e. The van der Waals surface area contributed by atoms with Gasteiger partial charge in [-0.3, -0.25) is 9.59 Å². The number of likely N-dealkylation sites (N-methyl/N-ethyl adjacent to an activating group) is 1. The first-order chi connectivity index (χ1) is 48.6. The summed E-state index contributed by atoms with van der Waals surface area (Å²) in [6.07, 6.45) is 108. The van der Waals surface area contributed by atoms with Crippen molar-refractivity contribution in [3.05, 3.63) is 97.2 Å². The Labute approximate surface area is 613 Å². The quantitative estimate of drug-likeness (QED) is 0.0195. The average molecular weight is 1390 g/mol. The van der Waals surface area contributed by atoms with E-state index in [1.807, 2.05) is 21.1 Å². The van der Waals surface area contributed by atoms with E-state index in [-0.39, 0.29) is 32.2 Å². The Morgan fingerprint density at radius 1 is 0.313 bits per heavy atom. The molecule has 0 radical (unpaired) electrons. The number of quaternary nitrogens is 1. The average Bonchev–Trinajstić information content (AvgIpc) is 1.57. The Kier molecular flexibility index (Phi) is 76.8. The molecule has 9 heteroatoms. The van der Waals surface area contributed by atoms with Gasteiger partial charge in [0.1, 0.15) is 13.2 Å². The highest BCUT2D eigenvalue weighted by Crippen LogP contribution is 2.20. The van der Waals surface area contributed by atoms with E-state index in [1.54, 1.807) is 0 Å². The first-order valence-electron chi connectivity index (χ1n) is 42.4. The molecule has 0 saturated heterocycles. The fourth-order valence-electron chi connectivity index (χ4n) is 12.4. The molecule has 0 rings (SSSR count). The van der Waals surface area contributed by atoms with E-state index < -0.39 is 24.3 Å². The van der Waals surface area contributed by atoms with Crippen molar-refractivity contribution in [2.24, 2.45) is 0 Å². The number of rotatable bonds is 79. The SMILES string of the molecule is CC/C=C\C/C=C\C/C=C\C/C=C\C/C=C\C/C=C\C/C=C\CCCCCCCCCCCCCC(=O)OC(COC(=O)CCCCCCCCCCCCCCCCCCCCCCCCCCCCCCC/C=C\CCCCCCCCCC)COC(OCC[N+](C)(C)C)C(=O)[O-]. The lowest BCUT2D eigenvalue weighted by molar-refractivity contribution is -0.870. The minimum atomic E-state index is -1.63. The van der Waals surface area contributed by atoms with Gasteiger partial charge in [-0.05, 0) is 96.3 Å². The zero-order valence-corrected chi connectivity index (χ0v) is 65.9. The number of unbranched alkanes of at least 4 members (excludes halogenated alkanes) is 48. The number of ether oxygens (including phenoxy) is 4. The number of nitrogens with zero attached hydrogens (tertiary/aromatic N) is 1. The van der Waals surface area contributed by atoms with Crippen molar-refractivity contribution in [2.45, 2.75) is 411 Å². The van der Waals surface area contributed by atoms with Crippen molar-refractivity contribution in [2.75, 3.05) is 47.5 Å². The molecule has 0 saturated carbocycles. The van der Waals surface area contributed by atoms with Crippen molar-refractivity contribution in [3.63, 3.8) is 0 Å². The fraction of sp³-hybridized carbons (Fsp3) is 0.789. The van der Waals surface area contributed by atoms with Crippen molar-refractivity contribution in [1.29, 1.82) is 0 Å². The number of allylic oxidation sites excluding steroid dienone is 16. The van der Waals surface area contributed by atoms with Crippen molar-refractivity contribution in [1.82, 2.24) is 0 Å². The Hall–Kier alpha value is -3.79. The van der Waals surface area contributed by atoms with E-state index >= 15 is 0 Å². The lowest BCUT2D eigenvalue weighted by Gasteiger charge is -2.26. The number of carboxylic acid groups (broad SMARTS) is 1. The standard InChI is InChI=1S/C90H161NO8/c1-6-8-10-12-14-16-18-20-22-24-26-28-30-32-34-36-38-40-41-42-43-44-45-46-47-49-50-52-54-56-58-60-62-64-66-68-70-72-74-76-78-80-87(92)97-84-86(85-98-90(89(94)95)96-83-82-91(3,4)5)99-88(93)81-79-77-75-73-71-69-67-65-63-61-59-57-55-53-51-48-39-37-35-33-31-29-27-25-23-21-19-17-15-13-11-9-7-2/h9,11,15,17,21,23-24,26-27,29,33,35,39,48,53,55,86,90H,6-8,10,12-14,16,18-20,22,25,28,30-32,34,36-38,40-47,49-52,54,56-85H2,1-5H3/b11-9-,17-15-,23-21-,26-24-,29-27-,35-33-,48-39-,55-53-. The van der Waals surface area contributed by atoms with Gasteiger partial charge in [0.2, 0.25) is 0 Å². The minimum absolute atomic E-state index is 0.145. The highest BCUT2D eigenvalue weighted by atomic mass is 16.7. The monoisotopic (exact) mass is 1380 g/mol. The summed E-state index contributed by atoms with van der Waals surface area (Å²) >= 11 is 0. The van der Waals surface area contributed by atoms with Gasteiger partial charge in [-0.15, -0.1) is 0 Å². The molecule has 0 N–H and O–H groups in total. The lowest BCUT2D eigenvalue weighted by atomic mass is 10.0. The van der Waals surface area contributed by atoms with Gasteiger partial charge >= 0.3 is 11.9 Å². The highest BCUT2D eigenvalue weighted by molar-refractivity contribution is 5.70. The molecule has 0 aliphatic heterocycles. The van der Waals surface area contributed by atoms with Crippen LogP contribution >= 0.6 is 0 Å². The fourth-order valence-corrected chi connectivity index (χ4v) is 12.4. The largest absolute Gasteiger partial charge is 0.545 e. The molecule has 0 aromatic rings. The van der Waals surface area contributed by atoms with Crippen LogP contribution < -0.4 is 5.11 Å². The van der Waals surface area contributed by atoms with Crippen LogP contribution in [0.5, 0.6) is 0 Å². The summed E-state index contributed by atoms with van der Waals surface area (Å²) in [7, 11) is 5.94. The molecule has 2 unspecified atom stereocenters. The molecule has 0 aliphatic rings. The van der Waals surface area contributed by atoms with E-state index in [9.17, 15) is 19.5 Å². The van der Waals surface area contributed by atoms with Gasteiger partial charge in [0, 0.05) is 12.8 Å². The second-order valence-electron chi connectivity index (χ2n) is 29.7. The van der Waals surface area contributed by atoms with Crippen LogP contribution in [-0.2, 0) is 33.3 Å². The first kappa shape index (κ1) is 95.2. The molecule has 99 heavy (non-hydrogen) atoms. The van der Waals surface area contributed by atoms with Crippen molar-refractivity contribution >= 4 is 17.9 Å². The van der Waals surface area contributed by atoms with E-state index in [2.05, 4.69) is 111 Å². The first-order valence-corrected chi connectivity index (χ1v) is 42.4. The zero-order valence-electron chi connectivity index (χ0n) is 65.9. The molecule has 0 spiro atoms. The summed E-state index contributed by atoms with van der Waals surface area (Å²) in [5.41, 5.74) is 0. The minimum Gasteiger partial charge on any atom is -0.545 e. The Morgan fingerprint density at radius 3 is 0.869 bits per heavy atom. The second kappa shape index (κ2) is 79.9. The van der Waals surface area contributed by atoms with Gasteiger partial charge in [0.15, 0.2) is 12.4 Å². The van der Waals surface area contributed by atoms with Crippen LogP contribution in [0.4, 0.5) is 0 Å². The van der Waals surface area contributed by atoms with Crippen molar-refractivity contribution < 1.29 is 42.9 Å². The molecule has 0 aliphatic carbocycles. The number of hydrogen-bond donors (Lipinski definition) is 0. The lowest BCUT2D eigenvalue weighted by Crippen LogP contribution is -2.44. The van der Waals surface area contributed by atoms with Gasteiger partial charge in [-0.2, -0.15) is 0 Å². The van der Waals surface area contributed by atoms with E-state index in [4.69, 9.17) is 18.9 Å². The summed E-state index contributed by atoms with van der Waals surface area (Å²) < 4.78 is 22.9. The topological polar surface area (TPSA) is 111 Å². The van der Waals surface area contributed by atoms with Crippen LogP contribution in [-0.4, -0.2) is 82.3 Å². The summed E-state index contributed by atoms with van der Waals surface area (Å²) in [5, 5.41) is 11.9. The number of carbonyl (C=O) groups excluding carboxylic acids is 3. The highest BCUT2D eigenvalue weighted by Gasteiger charge is 2.22. The van der Waals surface area contributed by atoms with Crippen LogP contribution in [0.25, 0.3) is 0 Å². The summed E-state index contributed by atoms with van der Waals surface area (Å²) in [6, 6.07) is 0. The van der Waals surface area contributed by atoms with Gasteiger partial charge in [0.25, 0.3) is 0 Å². The van der Waals surface area contributed by atoms with Crippen LogP contribution in [0.15, 0.2) is 97.2 Å². The number of hydrogen-bond acceptors (Lipinski definition) is 8. The Morgan fingerprint density at radius 2 is 0.576 bits per heavy atom. The summed E-state index contributed by atoms with van der Waals surface area (Å²) in [5.74, 6) is -2.27. The predicted molar refractivity (Wildman–Crippen MR) is 426 cm³/mol. The molecule has 0 amide bonds. The van der Waals surface area contributed by atoms with Crippen LogP contribution in [0.3, 0.4) is 0 Å². The van der Waals surface area contributed by atoms with Crippen LogP contribution in [0.1, 0.15) is 399 Å². The molecule has 0 heterocycles. The van der Waals surface area contributed by atoms with Gasteiger partial charge in [0.05, 0.1) is 40.3 Å². The normalized spacial score (nSPS) is 13.1. The molecular formula is C90H161NO8. The van der Waals surface area contributed by atoms with Crippen LogP contribution in [0.2, 0.25) is 0 Å². The predicted octanol–water partition coefficient (Wildman–Crippen LogP) is 26.2. The smallest absolute Gasteiger partial charge is 0.306 e. The third-order valence-corrected chi connectivity index (χ3v) is 18.8. The van der Waals surface area contributed by atoms with E-state index in [0.29, 0.717) is 23.9 Å². The van der Waals surface area contributed by atoms with Gasteiger partial charge < -0.3 is 33.3 Å². The van der Waals surface area contributed by atoms with E-state index in [0.717, 1.165) is 89.9 Å². The number of carbonyl (C=O) groups is 3. The summed E-state index contributed by atoms with van der Waals surface area (Å²) in [4.78, 5) is 37.6. The summed E-state index contributed by atoms with van der Waals surface area (Å²) in [6.45, 7) is 4.68. The number of aliphatic carboxylic acids is 1. The molecule has 0 bridgehead atoms. The van der Waals surface area contributed by atoms with Crippen molar-refractivity contribution in [3.8, 4) is 0 Å². The maximum absolute atomic E-state index is 13.0. The third kappa shape index (κ3) is 81.4. The van der Waals surface area contributed by atoms with E-state index in [1.165, 1.54) is 276 Å². The number of carboxylic acids is 1. The van der Waals surface area contributed by atoms with Gasteiger partial charge in [-0.25, -0.2) is 0 Å². The van der Waals surface area contributed by atoms with Gasteiger partial charge in [-0.1, -0.05) is 387 Å². The molecular weight excluding hydrogens is 1220 g/mol. The Bertz CT molecular complexity index is 1960. The molecule has 574 valence electrons. The molecule has 0 aromatic carbocycles. The van der Waals surface area contributed by atoms with Crippen LogP contribution in [0, 0.1) is 0 Å². The Balaban J connectivity index is 3.97. The third-order valence-electron chi connectivity index (χ3n) is 18.8. The molecule has 2 atom stereocenters. The number of esters is 2. The maximum atomic E-state index is 13.0. The molecule has 0 aromatic heterocycles. The zero-order chi connectivity index (χ0) is 71.8.